The van der Waals surface area contributed by atoms with Crippen LogP contribution >= 0.6 is 0 Å². The maximum absolute atomic E-state index is 2.52. The second-order valence-corrected chi connectivity index (χ2v) is 16.8. The predicted molar refractivity (Wildman–Crippen MR) is 249 cm³/mol. The zero-order chi connectivity index (χ0) is 39.0. The van der Waals surface area contributed by atoms with Gasteiger partial charge >= 0.3 is 0 Å². The lowest BCUT2D eigenvalue weighted by Gasteiger charge is -2.31. The molecule has 0 bridgehead atoms. The monoisotopic (exact) mass is 762 g/mol. The normalized spacial score (nSPS) is 16.9. The lowest BCUT2D eigenvalue weighted by atomic mass is 9.93. The predicted octanol–water partition coefficient (Wildman–Crippen LogP) is 14.0. The van der Waals surface area contributed by atoms with Crippen LogP contribution in [0.4, 0.5) is 11.4 Å². The van der Waals surface area contributed by atoms with Gasteiger partial charge in [-0.3, -0.25) is 0 Å². The average Bonchev–Trinajstić information content (AvgIpc) is 3.93. The molecule has 12 rings (SSSR count). The Morgan fingerprint density at radius 3 is 1.81 bits per heavy atom. The number of aromatic nitrogens is 3. The number of nitrogens with zero attached hydrogens (tertiary/aromatic N) is 4. The highest BCUT2D eigenvalue weighted by Gasteiger charge is 2.25. The Kier molecular flexibility index (Phi) is 7.94. The van der Waals surface area contributed by atoms with Gasteiger partial charge in [0.05, 0.1) is 16.6 Å². The summed E-state index contributed by atoms with van der Waals surface area (Å²) in [5.74, 6) is 0.541. The molecule has 4 aliphatic rings. The van der Waals surface area contributed by atoms with Crippen molar-refractivity contribution in [2.24, 2.45) is 5.92 Å². The molecule has 8 aromatic rings. The van der Waals surface area contributed by atoms with E-state index < -0.39 is 0 Å². The second-order valence-electron chi connectivity index (χ2n) is 16.8. The average molecular weight is 763 g/mol. The van der Waals surface area contributed by atoms with Gasteiger partial charge in [0, 0.05) is 72.9 Å². The van der Waals surface area contributed by atoms with Gasteiger partial charge in [-0.05, 0) is 153 Å². The van der Waals surface area contributed by atoms with Gasteiger partial charge in [-0.25, -0.2) is 0 Å². The summed E-state index contributed by atoms with van der Waals surface area (Å²) in [6.07, 6.45) is 26.1. The van der Waals surface area contributed by atoms with Crippen molar-refractivity contribution < 1.29 is 0 Å². The van der Waals surface area contributed by atoms with Crippen LogP contribution < -0.4 is 4.90 Å². The van der Waals surface area contributed by atoms with Gasteiger partial charge in [0.2, 0.25) is 0 Å². The highest BCUT2D eigenvalue weighted by molar-refractivity contribution is 5.95. The molecule has 4 heteroatoms. The molecular weight excluding hydrogens is 717 g/mol. The largest absolute Gasteiger partial charge is 0.314 e. The van der Waals surface area contributed by atoms with Gasteiger partial charge in [0.15, 0.2) is 0 Å². The van der Waals surface area contributed by atoms with Crippen molar-refractivity contribution >= 4 is 68.0 Å². The molecule has 5 aromatic carbocycles. The number of hydrogen-bond donors (Lipinski definition) is 0. The van der Waals surface area contributed by atoms with Crippen LogP contribution in [0.1, 0.15) is 66.4 Å². The van der Waals surface area contributed by atoms with Crippen molar-refractivity contribution in [1.82, 2.24) is 13.7 Å². The fourth-order valence-corrected chi connectivity index (χ4v) is 10.6. The van der Waals surface area contributed by atoms with Crippen molar-refractivity contribution in [3.8, 4) is 11.4 Å². The Balaban J connectivity index is 0.973. The van der Waals surface area contributed by atoms with Gasteiger partial charge in [0.1, 0.15) is 0 Å². The maximum Gasteiger partial charge on any atom is 0.0537 e. The minimum atomic E-state index is 0.541. The summed E-state index contributed by atoms with van der Waals surface area (Å²) >= 11 is 0. The Morgan fingerprint density at radius 2 is 1.10 bits per heavy atom. The molecule has 59 heavy (non-hydrogen) atoms. The molecule has 0 saturated carbocycles. The molecule has 1 atom stereocenters. The number of allylic oxidation sites excluding steroid dienone is 7. The lowest BCUT2D eigenvalue weighted by Crippen LogP contribution is -2.19. The molecule has 3 aromatic heterocycles. The third-order valence-corrected chi connectivity index (χ3v) is 13.2. The summed E-state index contributed by atoms with van der Waals surface area (Å²) in [5, 5.41) is 4.08. The van der Waals surface area contributed by atoms with Crippen LogP contribution in [-0.4, -0.2) is 13.7 Å². The summed E-state index contributed by atoms with van der Waals surface area (Å²) in [6, 6.07) is 45.3. The minimum absolute atomic E-state index is 0.541. The number of anilines is 2. The summed E-state index contributed by atoms with van der Waals surface area (Å²) in [7, 11) is 0. The van der Waals surface area contributed by atoms with Gasteiger partial charge in [-0.2, -0.15) is 0 Å². The lowest BCUT2D eigenvalue weighted by molar-refractivity contribution is 0.718. The number of fused-ring (bicyclic) bond motifs is 9. The van der Waals surface area contributed by atoms with E-state index in [2.05, 4.69) is 195 Å². The smallest absolute Gasteiger partial charge is 0.0537 e. The first-order chi connectivity index (χ1) is 29.2. The number of hydrogen-bond acceptors (Lipinski definition) is 1. The standard InChI is InChI=1S/C55H46N4/c1-37-22-35-55-49(36-37)48-16-6-11-21-54(48)59(55)43-33-27-40(28-34-43)56(38-23-29-41(30-24-38)57-50-17-7-2-12-44(50)45-13-3-8-18-51(45)57)39-25-31-42(32-26-39)58-52-19-9-4-14-46(52)47-15-5-10-20-53(47)58/h2-4,6-7,9-14,16-17,19-25,27-31,33-35,37H,5,8,15,18,26,32,36H2,1H3. The van der Waals surface area contributed by atoms with Crippen molar-refractivity contribution in [3.05, 3.63) is 191 Å². The highest BCUT2D eigenvalue weighted by Crippen LogP contribution is 2.42. The molecule has 0 N–H and O–H groups in total. The molecule has 0 aliphatic heterocycles. The minimum Gasteiger partial charge on any atom is -0.314 e. The molecule has 0 amide bonds. The summed E-state index contributed by atoms with van der Waals surface area (Å²) in [6.45, 7) is 2.32. The number of para-hydroxylation sites is 3. The molecule has 4 nitrogen and oxygen atoms in total. The SMILES string of the molecule is CC1C=Cc2c(c3ccccc3n2-c2ccc(N(C3=CC=C(n4c5c(c6ccccc64)CCC=C5)CC3)c3ccc(-n4c5c(c6ccccc64)C=CCC5)cc3)cc2)C1. The van der Waals surface area contributed by atoms with E-state index in [1.165, 1.54) is 101 Å². The Bertz CT molecular complexity index is 3130. The first kappa shape index (κ1) is 34.3. The molecule has 1 unspecified atom stereocenters. The van der Waals surface area contributed by atoms with E-state index in [0.717, 1.165) is 44.9 Å². The van der Waals surface area contributed by atoms with Crippen LogP contribution in [-0.2, 0) is 19.3 Å². The van der Waals surface area contributed by atoms with E-state index in [-0.39, 0.29) is 0 Å². The van der Waals surface area contributed by atoms with E-state index in [9.17, 15) is 0 Å². The molecule has 286 valence electrons. The van der Waals surface area contributed by atoms with Gasteiger partial charge < -0.3 is 18.6 Å². The quantitative estimate of drug-likeness (QED) is 0.165. The zero-order valence-electron chi connectivity index (χ0n) is 33.5. The van der Waals surface area contributed by atoms with Crippen molar-refractivity contribution in [1.29, 1.82) is 0 Å². The Hall–Kier alpha value is -6.78. The van der Waals surface area contributed by atoms with E-state index >= 15 is 0 Å². The first-order valence-electron chi connectivity index (χ1n) is 21.5. The van der Waals surface area contributed by atoms with E-state index in [1.54, 1.807) is 0 Å². The van der Waals surface area contributed by atoms with Crippen LogP contribution in [0.3, 0.4) is 0 Å². The third-order valence-electron chi connectivity index (χ3n) is 13.2. The molecule has 4 aliphatic carbocycles. The van der Waals surface area contributed by atoms with Crippen molar-refractivity contribution in [2.75, 3.05) is 4.90 Å². The summed E-state index contributed by atoms with van der Waals surface area (Å²) in [5.41, 5.74) is 19.6. The molecule has 0 spiro atoms. The fourth-order valence-electron chi connectivity index (χ4n) is 10.6. The molecule has 0 radical (unpaired) electrons. The molecule has 0 fully saturated rings. The highest BCUT2D eigenvalue weighted by atomic mass is 15.2. The van der Waals surface area contributed by atoms with Crippen LogP contribution in [0.2, 0.25) is 0 Å². The van der Waals surface area contributed by atoms with Gasteiger partial charge in [-0.1, -0.05) is 85.8 Å². The maximum atomic E-state index is 2.52. The first-order valence-corrected chi connectivity index (χ1v) is 21.5. The Labute approximate surface area is 345 Å². The fraction of sp³-hybridized carbons (Fsp3) is 0.164. The zero-order valence-corrected chi connectivity index (χ0v) is 33.5. The van der Waals surface area contributed by atoms with Gasteiger partial charge in [-0.15, -0.1) is 0 Å². The van der Waals surface area contributed by atoms with Gasteiger partial charge in [0.25, 0.3) is 0 Å². The number of aryl methyl sites for hydroxylation is 1. The van der Waals surface area contributed by atoms with Crippen molar-refractivity contribution in [3.63, 3.8) is 0 Å². The second kappa shape index (κ2) is 13.7. The van der Waals surface area contributed by atoms with Crippen LogP contribution in [0.25, 0.3) is 68.0 Å². The van der Waals surface area contributed by atoms with Crippen LogP contribution in [0.5, 0.6) is 0 Å². The summed E-state index contributed by atoms with van der Waals surface area (Å²) < 4.78 is 7.47. The number of rotatable bonds is 6. The molecule has 0 saturated heterocycles. The van der Waals surface area contributed by atoms with Crippen LogP contribution in [0, 0.1) is 5.92 Å². The van der Waals surface area contributed by atoms with Crippen LogP contribution in [0.15, 0.2) is 157 Å². The van der Waals surface area contributed by atoms with E-state index in [0.29, 0.717) is 5.92 Å². The van der Waals surface area contributed by atoms with E-state index in [4.69, 9.17) is 0 Å². The number of benzene rings is 5. The van der Waals surface area contributed by atoms with Crippen molar-refractivity contribution in [2.45, 2.75) is 51.9 Å². The molecular formula is C55H46N4. The van der Waals surface area contributed by atoms with E-state index in [1.807, 2.05) is 0 Å². The topological polar surface area (TPSA) is 18.0 Å². The summed E-state index contributed by atoms with van der Waals surface area (Å²) in [4.78, 5) is 2.49. The third kappa shape index (κ3) is 5.43. The molecule has 3 heterocycles. The Morgan fingerprint density at radius 1 is 0.508 bits per heavy atom.